The van der Waals surface area contributed by atoms with E-state index in [2.05, 4.69) is 15.5 Å². The lowest BCUT2D eigenvalue weighted by atomic mass is 10.0. The monoisotopic (exact) mass is 387 g/mol. The fraction of sp³-hybridized carbons (Fsp3) is 0.444. The molecule has 3 heterocycles. The zero-order valence-corrected chi connectivity index (χ0v) is 15.7. The Morgan fingerprint density at radius 1 is 1.22 bits per heavy atom. The van der Waals surface area contributed by atoms with Gasteiger partial charge in [-0.3, -0.25) is 4.79 Å². The van der Waals surface area contributed by atoms with E-state index in [0.717, 1.165) is 9.71 Å². The summed E-state index contributed by atoms with van der Waals surface area (Å²) in [6.45, 7) is 0.113. The normalized spacial score (nSPS) is 15.3. The molecule has 0 radical (unpaired) electrons. The van der Waals surface area contributed by atoms with Crippen molar-refractivity contribution in [1.82, 2.24) is 24.7 Å². The zero-order chi connectivity index (χ0) is 18.6. The van der Waals surface area contributed by atoms with Gasteiger partial charge in [0.15, 0.2) is 5.65 Å². The standard InChI is InChI=1S/C18H21N5O3S/c24-16(19-11-13-5-4-10-26-13)12-22-18(25)23-15(20-22)8-9-17(21-23)27-14-6-2-1-3-7-14/h4-5,8-10,14H,1-3,6-7,11-12H2,(H,19,24). The predicted octanol–water partition coefficient (Wildman–Crippen LogP) is 2.23. The number of aromatic nitrogens is 4. The van der Waals surface area contributed by atoms with Crippen LogP contribution < -0.4 is 11.0 Å². The van der Waals surface area contributed by atoms with E-state index in [4.69, 9.17) is 4.42 Å². The number of amides is 1. The van der Waals surface area contributed by atoms with Crippen molar-refractivity contribution >= 4 is 23.3 Å². The number of hydrogen-bond acceptors (Lipinski definition) is 6. The number of rotatable bonds is 6. The first-order valence-corrected chi connectivity index (χ1v) is 9.99. The Labute approximate surface area is 159 Å². The second kappa shape index (κ2) is 7.99. The van der Waals surface area contributed by atoms with Gasteiger partial charge in [0.1, 0.15) is 17.3 Å². The number of furan rings is 1. The van der Waals surface area contributed by atoms with Crippen LogP contribution in [0, 0.1) is 0 Å². The van der Waals surface area contributed by atoms with E-state index in [0.29, 0.717) is 16.7 Å². The van der Waals surface area contributed by atoms with Gasteiger partial charge in [-0.2, -0.15) is 9.61 Å². The van der Waals surface area contributed by atoms with E-state index in [9.17, 15) is 9.59 Å². The average Bonchev–Trinajstić information content (AvgIpc) is 3.30. The van der Waals surface area contributed by atoms with Crippen LogP contribution in [0.3, 0.4) is 0 Å². The molecule has 1 aliphatic carbocycles. The van der Waals surface area contributed by atoms with Crippen LogP contribution in [0.1, 0.15) is 37.9 Å². The van der Waals surface area contributed by atoms with E-state index in [-0.39, 0.29) is 19.0 Å². The van der Waals surface area contributed by atoms with Crippen molar-refractivity contribution in [3.05, 3.63) is 46.8 Å². The van der Waals surface area contributed by atoms with Gasteiger partial charge in [0.25, 0.3) is 0 Å². The highest BCUT2D eigenvalue weighted by Gasteiger charge is 2.17. The van der Waals surface area contributed by atoms with Crippen LogP contribution in [0.15, 0.2) is 44.8 Å². The summed E-state index contributed by atoms with van der Waals surface area (Å²) >= 11 is 1.72. The van der Waals surface area contributed by atoms with E-state index in [1.165, 1.54) is 36.6 Å². The van der Waals surface area contributed by atoms with E-state index >= 15 is 0 Å². The lowest BCUT2D eigenvalue weighted by Crippen LogP contribution is -2.32. The molecule has 0 aliphatic heterocycles. The Bertz CT molecular complexity index is 973. The molecule has 8 nitrogen and oxygen atoms in total. The topological polar surface area (TPSA) is 94.4 Å². The highest BCUT2D eigenvalue weighted by molar-refractivity contribution is 7.99. The summed E-state index contributed by atoms with van der Waals surface area (Å²) in [5.41, 5.74) is 0.0241. The minimum atomic E-state index is -0.413. The molecule has 0 bridgehead atoms. The van der Waals surface area contributed by atoms with Crippen LogP contribution in [0.25, 0.3) is 5.65 Å². The van der Waals surface area contributed by atoms with Gasteiger partial charge in [0, 0.05) is 5.25 Å². The number of hydrogen-bond donors (Lipinski definition) is 1. The van der Waals surface area contributed by atoms with Crippen molar-refractivity contribution in [2.45, 2.75) is 55.5 Å². The summed E-state index contributed by atoms with van der Waals surface area (Å²) in [6, 6.07) is 7.19. The SMILES string of the molecule is O=C(Cn1nc2ccc(SC3CCCCC3)nn2c1=O)NCc1ccco1. The molecule has 0 aromatic carbocycles. The van der Waals surface area contributed by atoms with Crippen LogP contribution in [0.4, 0.5) is 0 Å². The van der Waals surface area contributed by atoms with Crippen LogP contribution in [-0.4, -0.2) is 30.6 Å². The van der Waals surface area contributed by atoms with Gasteiger partial charge in [-0.05, 0) is 37.1 Å². The summed E-state index contributed by atoms with van der Waals surface area (Å²) in [7, 11) is 0. The molecule has 3 aromatic heterocycles. The van der Waals surface area contributed by atoms with Gasteiger partial charge in [-0.25, -0.2) is 9.48 Å². The Hall–Kier alpha value is -2.55. The van der Waals surface area contributed by atoms with E-state index in [1.807, 2.05) is 6.07 Å². The van der Waals surface area contributed by atoms with Gasteiger partial charge in [0.2, 0.25) is 5.91 Å². The quantitative estimate of drug-likeness (QED) is 0.697. The number of nitrogens with one attached hydrogen (secondary N) is 1. The Balaban J connectivity index is 1.44. The van der Waals surface area contributed by atoms with Gasteiger partial charge < -0.3 is 9.73 Å². The Morgan fingerprint density at radius 3 is 2.85 bits per heavy atom. The van der Waals surface area contributed by atoms with E-state index in [1.54, 1.807) is 36.2 Å². The van der Waals surface area contributed by atoms with Crippen LogP contribution in [-0.2, 0) is 17.9 Å². The first-order valence-electron chi connectivity index (χ1n) is 9.12. The number of carbonyl (C=O) groups excluding carboxylic acids is 1. The molecule has 1 saturated carbocycles. The summed E-state index contributed by atoms with van der Waals surface area (Å²) in [4.78, 5) is 24.6. The molecule has 1 amide bonds. The van der Waals surface area contributed by atoms with Gasteiger partial charge >= 0.3 is 5.69 Å². The number of carbonyl (C=O) groups is 1. The molecular weight excluding hydrogens is 366 g/mol. The summed E-state index contributed by atoms with van der Waals surface area (Å²) < 4.78 is 7.57. The van der Waals surface area contributed by atoms with Gasteiger partial charge in [0.05, 0.1) is 12.8 Å². The third kappa shape index (κ3) is 4.24. The second-order valence-corrected chi connectivity index (χ2v) is 7.94. The van der Waals surface area contributed by atoms with Crippen LogP contribution in [0.5, 0.6) is 0 Å². The van der Waals surface area contributed by atoms with Crippen LogP contribution in [0.2, 0.25) is 0 Å². The van der Waals surface area contributed by atoms with Crippen molar-refractivity contribution in [1.29, 1.82) is 0 Å². The zero-order valence-electron chi connectivity index (χ0n) is 14.8. The fourth-order valence-electron chi connectivity index (χ4n) is 3.20. The van der Waals surface area contributed by atoms with Crippen LogP contribution >= 0.6 is 11.8 Å². The Morgan fingerprint density at radius 2 is 2.07 bits per heavy atom. The van der Waals surface area contributed by atoms with Crippen molar-refractivity contribution in [2.75, 3.05) is 0 Å². The fourth-order valence-corrected chi connectivity index (χ4v) is 4.39. The molecule has 1 fully saturated rings. The van der Waals surface area contributed by atoms with Crippen molar-refractivity contribution in [3.63, 3.8) is 0 Å². The highest BCUT2D eigenvalue weighted by Crippen LogP contribution is 2.32. The van der Waals surface area contributed by atoms with E-state index < -0.39 is 5.69 Å². The Kier molecular flexibility index (Phi) is 5.28. The molecule has 4 rings (SSSR count). The molecule has 142 valence electrons. The van der Waals surface area contributed by atoms with Crippen molar-refractivity contribution in [3.8, 4) is 0 Å². The maximum Gasteiger partial charge on any atom is 0.367 e. The molecule has 9 heteroatoms. The molecule has 1 aliphatic rings. The second-order valence-electron chi connectivity index (χ2n) is 6.62. The number of fused-ring (bicyclic) bond motifs is 1. The average molecular weight is 387 g/mol. The number of nitrogens with zero attached hydrogens (tertiary/aromatic N) is 4. The third-order valence-corrected chi connectivity index (χ3v) is 5.85. The predicted molar refractivity (Wildman–Crippen MR) is 101 cm³/mol. The maximum absolute atomic E-state index is 12.5. The smallest absolute Gasteiger partial charge is 0.367 e. The molecular formula is C18H21N5O3S. The summed E-state index contributed by atoms with van der Waals surface area (Å²) in [6.07, 6.45) is 7.74. The third-order valence-electron chi connectivity index (χ3n) is 4.59. The minimum absolute atomic E-state index is 0.159. The van der Waals surface area contributed by atoms with Crippen molar-refractivity contribution < 1.29 is 9.21 Å². The molecule has 0 atom stereocenters. The molecule has 0 unspecified atom stereocenters. The molecule has 1 N–H and O–H groups in total. The van der Waals surface area contributed by atoms with Gasteiger partial charge in [-0.15, -0.1) is 16.9 Å². The summed E-state index contributed by atoms with van der Waals surface area (Å²) in [5.74, 6) is 0.338. The molecule has 0 spiro atoms. The first-order chi connectivity index (χ1) is 13.2. The maximum atomic E-state index is 12.5. The molecule has 0 saturated heterocycles. The summed E-state index contributed by atoms with van der Waals surface area (Å²) in [5, 5.41) is 12.7. The lowest BCUT2D eigenvalue weighted by Gasteiger charge is -2.20. The largest absolute Gasteiger partial charge is 0.467 e. The van der Waals surface area contributed by atoms with Gasteiger partial charge in [-0.1, -0.05) is 19.3 Å². The van der Waals surface area contributed by atoms with Crippen molar-refractivity contribution in [2.24, 2.45) is 0 Å². The molecule has 3 aromatic rings. The number of thioether (sulfide) groups is 1. The lowest BCUT2D eigenvalue weighted by molar-refractivity contribution is -0.122. The first kappa shape index (κ1) is 17.8. The minimum Gasteiger partial charge on any atom is -0.467 e. The highest BCUT2D eigenvalue weighted by atomic mass is 32.2. The molecule has 27 heavy (non-hydrogen) atoms.